The second-order valence-electron chi connectivity index (χ2n) is 5.23. The standard InChI is InChI=1S/C15H11Cl2NO5/c16-15(17)7-10(15)8-22-14(19)13-6-5-12(23-13)9-1-3-11(4-2-9)18(20)21/h1-6,10H,7-8H2/t10-/m1/s1. The average molecular weight is 356 g/mol. The quantitative estimate of drug-likeness (QED) is 0.347. The Morgan fingerprint density at radius 2 is 1.96 bits per heavy atom. The predicted molar refractivity (Wildman–Crippen MR) is 83.6 cm³/mol. The largest absolute Gasteiger partial charge is 0.459 e. The van der Waals surface area contributed by atoms with Crippen LogP contribution in [-0.2, 0) is 4.74 Å². The second kappa shape index (κ2) is 5.86. The molecule has 0 spiro atoms. The SMILES string of the molecule is O=C(OC[C@H]1CC1(Cl)Cl)c1ccc(-c2ccc([N+](=O)[O-])cc2)o1. The summed E-state index contributed by atoms with van der Waals surface area (Å²) in [4.78, 5) is 22.0. The molecule has 120 valence electrons. The van der Waals surface area contributed by atoms with Gasteiger partial charge in [0.15, 0.2) is 0 Å². The van der Waals surface area contributed by atoms with Crippen LogP contribution in [0.3, 0.4) is 0 Å². The van der Waals surface area contributed by atoms with Crippen LogP contribution in [0.2, 0.25) is 0 Å². The third-order valence-electron chi connectivity index (χ3n) is 3.54. The zero-order chi connectivity index (χ0) is 16.6. The van der Waals surface area contributed by atoms with E-state index >= 15 is 0 Å². The Labute approximate surface area is 141 Å². The van der Waals surface area contributed by atoms with Crippen molar-refractivity contribution in [3.8, 4) is 11.3 Å². The van der Waals surface area contributed by atoms with Gasteiger partial charge in [0, 0.05) is 23.6 Å². The number of rotatable bonds is 5. The highest BCUT2D eigenvalue weighted by molar-refractivity contribution is 6.50. The Bertz CT molecular complexity index is 753. The first-order valence-electron chi connectivity index (χ1n) is 6.76. The van der Waals surface area contributed by atoms with Crippen molar-refractivity contribution < 1.29 is 18.9 Å². The lowest BCUT2D eigenvalue weighted by atomic mass is 10.1. The Hall–Kier alpha value is -2.05. The molecule has 1 fully saturated rings. The molecule has 0 saturated heterocycles. The molecule has 1 aromatic carbocycles. The van der Waals surface area contributed by atoms with Crippen LogP contribution < -0.4 is 0 Å². The molecule has 2 aromatic rings. The molecule has 1 aromatic heterocycles. The van der Waals surface area contributed by atoms with Crippen molar-refractivity contribution in [2.45, 2.75) is 10.8 Å². The molecule has 6 nitrogen and oxygen atoms in total. The number of carbonyl (C=O) groups is 1. The van der Waals surface area contributed by atoms with Crippen LogP contribution in [0.5, 0.6) is 0 Å². The Kier molecular flexibility index (Phi) is 4.04. The molecule has 0 bridgehead atoms. The van der Waals surface area contributed by atoms with Gasteiger partial charge in [-0.3, -0.25) is 10.1 Å². The van der Waals surface area contributed by atoms with Gasteiger partial charge in [0.2, 0.25) is 5.76 Å². The molecule has 0 radical (unpaired) electrons. The Morgan fingerprint density at radius 3 is 2.52 bits per heavy atom. The molecule has 23 heavy (non-hydrogen) atoms. The topological polar surface area (TPSA) is 82.6 Å². The van der Waals surface area contributed by atoms with Crippen molar-refractivity contribution in [3.05, 3.63) is 52.3 Å². The number of non-ortho nitro benzene ring substituents is 1. The fourth-order valence-electron chi connectivity index (χ4n) is 2.05. The van der Waals surface area contributed by atoms with Gasteiger partial charge in [-0.2, -0.15) is 0 Å². The van der Waals surface area contributed by atoms with Crippen LogP contribution in [-0.4, -0.2) is 21.8 Å². The number of nitrogens with zero attached hydrogens (tertiary/aromatic N) is 1. The van der Waals surface area contributed by atoms with Crippen LogP contribution in [0.25, 0.3) is 11.3 Å². The van der Waals surface area contributed by atoms with Gasteiger partial charge in [0.1, 0.15) is 10.1 Å². The Morgan fingerprint density at radius 1 is 1.30 bits per heavy atom. The summed E-state index contributed by atoms with van der Waals surface area (Å²) < 4.78 is 9.72. The highest BCUT2D eigenvalue weighted by Gasteiger charge is 2.52. The van der Waals surface area contributed by atoms with Crippen molar-refractivity contribution in [2.75, 3.05) is 6.61 Å². The lowest BCUT2D eigenvalue weighted by Crippen LogP contribution is -2.08. The molecule has 0 amide bonds. The third-order valence-corrected chi connectivity index (χ3v) is 4.47. The first-order valence-corrected chi connectivity index (χ1v) is 7.52. The monoisotopic (exact) mass is 355 g/mol. The van der Waals surface area contributed by atoms with E-state index < -0.39 is 15.2 Å². The highest BCUT2D eigenvalue weighted by Crippen LogP contribution is 2.53. The smallest absolute Gasteiger partial charge is 0.374 e. The molecule has 1 aliphatic carbocycles. The summed E-state index contributed by atoms with van der Waals surface area (Å²) >= 11 is 11.7. The molecule has 1 aliphatic rings. The minimum Gasteiger partial charge on any atom is -0.459 e. The number of ether oxygens (including phenoxy) is 1. The van der Waals surface area contributed by atoms with E-state index in [9.17, 15) is 14.9 Å². The summed E-state index contributed by atoms with van der Waals surface area (Å²) in [5.74, 6) is -0.191. The fourth-order valence-corrected chi connectivity index (χ4v) is 2.55. The number of esters is 1. The number of nitro groups is 1. The summed E-state index contributed by atoms with van der Waals surface area (Å²) in [6, 6.07) is 8.91. The molecule has 3 rings (SSSR count). The number of hydrogen-bond acceptors (Lipinski definition) is 5. The van der Waals surface area contributed by atoms with Crippen molar-refractivity contribution in [3.63, 3.8) is 0 Å². The van der Waals surface area contributed by atoms with Gasteiger partial charge in [-0.25, -0.2) is 4.79 Å². The summed E-state index contributed by atoms with van der Waals surface area (Å²) in [6.07, 6.45) is 0.593. The number of benzene rings is 1. The minimum atomic E-state index is -0.798. The first-order chi connectivity index (χ1) is 10.9. The predicted octanol–water partition coefficient (Wildman–Crippen LogP) is 4.21. The molecule has 1 heterocycles. The van der Waals surface area contributed by atoms with Gasteiger partial charge in [0.25, 0.3) is 5.69 Å². The van der Waals surface area contributed by atoms with Gasteiger partial charge >= 0.3 is 5.97 Å². The molecule has 0 N–H and O–H groups in total. The average Bonchev–Trinajstić information content (AvgIpc) is 2.92. The molecule has 1 saturated carbocycles. The van der Waals surface area contributed by atoms with Crippen LogP contribution in [0.15, 0.2) is 40.8 Å². The number of halogens is 2. The molecule has 0 aliphatic heterocycles. The number of nitro benzene ring substituents is 1. The lowest BCUT2D eigenvalue weighted by Gasteiger charge is -2.02. The molecule has 1 atom stereocenters. The number of carbonyl (C=O) groups excluding carboxylic acids is 1. The van der Waals surface area contributed by atoms with Crippen molar-refractivity contribution in [2.24, 2.45) is 5.92 Å². The van der Waals surface area contributed by atoms with E-state index in [0.717, 1.165) is 0 Å². The number of hydrogen-bond donors (Lipinski definition) is 0. The van der Waals surface area contributed by atoms with Gasteiger partial charge in [0.05, 0.1) is 11.5 Å². The molecular weight excluding hydrogens is 345 g/mol. The van der Waals surface area contributed by atoms with E-state index in [2.05, 4.69) is 0 Å². The molecule has 8 heteroatoms. The zero-order valence-electron chi connectivity index (χ0n) is 11.7. The van der Waals surface area contributed by atoms with Crippen LogP contribution >= 0.6 is 23.2 Å². The van der Waals surface area contributed by atoms with Gasteiger partial charge < -0.3 is 9.15 Å². The van der Waals surface area contributed by atoms with Crippen molar-refractivity contribution in [1.82, 2.24) is 0 Å². The summed E-state index contributed by atoms with van der Waals surface area (Å²) in [5, 5.41) is 10.6. The molecular formula is C15H11Cl2NO5. The van der Waals surface area contributed by atoms with Gasteiger partial charge in [-0.15, -0.1) is 23.2 Å². The maximum absolute atomic E-state index is 11.9. The van der Waals surface area contributed by atoms with Crippen molar-refractivity contribution >= 4 is 34.9 Å². The number of alkyl halides is 2. The van der Waals surface area contributed by atoms with Crippen molar-refractivity contribution in [1.29, 1.82) is 0 Å². The van der Waals surface area contributed by atoms with E-state index in [1.807, 2.05) is 0 Å². The van der Waals surface area contributed by atoms with E-state index in [1.165, 1.54) is 18.2 Å². The minimum absolute atomic E-state index is 0.0185. The summed E-state index contributed by atoms with van der Waals surface area (Å²) in [5.41, 5.74) is 0.604. The zero-order valence-corrected chi connectivity index (χ0v) is 13.2. The lowest BCUT2D eigenvalue weighted by molar-refractivity contribution is -0.384. The molecule has 0 unspecified atom stereocenters. The second-order valence-corrected chi connectivity index (χ2v) is 6.77. The van der Waals surface area contributed by atoms with Gasteiger partial charge in [-0.05, 0) is 30.7 Å². The van der Waals surface area contributed by atoms with Crippen LogP contribution in [0.1, 0.15) is 17.0 Å². The van der Waals surface area contributed by atoms with E-state index in [-0.39, 0.29) is 24.0 Å². The summed E-state index contributed by atoms with van der Waals surface area (Å²) in [6.45, 7) is 0.138. The third kappa shape index (κ3) is 3.48. The van der Waals surface area contributed by atoms with E-state index in [0.29, 0.717) is 17.7 Å². The van der Waals surface area contributed by atoms with Crippen LogP contribution in [0, 0.1) is 16.0 Å². The highest BCUT2D eigenvalue weighted by atomic mass is 35.5. The van der Waals surface area contributed by atoms with E-state index in [4.69, 9.17) is 32.4 Å². The maximum Gasteiger partial charge on any atom is 0.374 e. The van der Waals surface area contributed by atoms with Gasteiger partial charge in [-0.1, -0.05) is 0 Å². The van der Waals surface area contributed by atoms with Crippen LogP contribution in [0.4, 0.5) is 5.69 Å². The maximum atomic E-state index is 11.9. The Balaban J connectivity index is 1.65. The first kappa shape index (κ1) is 15.8. The summed E-state index contributed by atoms with van der Waals surface area (Å²) in [7, 11) is 0. The van der Waals surface area contributed by atoms with E-state index in [1.54, 1.807) is 18.2 Å². The number of furan rings is 1. The normalized spacial score (nSPS) is 18.4. The fraction of sp³-hybridized carbons (Fsp3) is 0.267.